The molecule has 4 heterocycles. The second kappa shape index (κ2) is 16.7. The molecule has 0 aromatic carbocycles. The molecule has 47 heavy (non-hydrogen) atoms. The van der Waals surface area contributed by atoms with E-state index in [0.717, 1.165) is 17.7 Å². The number of pyridine rings is 2. The van der Waals surface area contributed by atoms with Gasteiger partial charge in [0.1, 0.15) is 4.75 Å². The van der Waals surface area contributed by atoms with Crippen LogP contribution >= 0.6 is 0 Å². The minimum absolute atomic E-state index is 0.0690. The molecular weight excluding hydrogens is 689 g/mol. The fourth-order valence-corrected chi connectivity index (χ4v) is 6.53. The van der Waals surface area contributed by atoms with E-state index >= 15 is 0 Å². The first-order valence-electron chi connectivity index (χ1n) is 12.6. The van der Waals surface area contributed by atoms with Crippen molar-refractivity contribution < 1.29 is 82.4 Å². The molecule has 264 valence electrons. The summed E-state index contributed by atoms with van der Waals surface area (Å²) in [7, 11) is -3.07. The van der Waals surface area contributed by atoms with E-state index in [0.29, 0.717) is 32.7 Å². The summed E-state index contributed by atoms with van der Waals surface area (Å²) < 4.78 is 126. The molecule has 22 heteroatoms. The van der Waals surface area contributed by atoms with Crippen molar-refractivity contribution in [1.82, 2.24) is 14.9 Å². The van der Waals surface area contributed by atoms with Gasteiger partial charge >= 0.3 is 36.4 Å². The van der Waals surface area contributed by atoms with E-state index in [1.165, 1.54) is 0 Å². The molecule has 0 bridgehead atoms. The molecule has 0 radical (unpaired) electrons. The Morgan fingerprint density at radius 1 is 0.809 bits per heavy atom. The van der Waals surface area contributed by atoms with Crippen molar-refractivity contribution in [3.8, 4) is 0 Å². The standard InChI is InChI=1S/C19H23N3O3S.3C2HF3O2/c23-26(24)9-5-18(13-25-12-16-3-7-20-8-4-16)19(26)14-22(15-19)11-17-2-1-6-21-10-17;3*3-2(4,5)1(6)7/h1-4,6-8,10,18H,5,9,11-15H2;3*(H,6,7). The maximum Gasteiger partial charge on any atom is 0.490 e. The van der Waals surface area contributed by atoms with Gasteiger partial charge in [-0.05, 0) is 35.7 Å². The van der Waals surface area contributed by atoms with E-state index < -0.39 is 51.0 Å². The van der Waals surface area contributed by atoms with Gasteiger partial charge in [0.15, 0.2) is 9.84 Å². The molecule has 1 atom stereocenters. The molecule has 12 nitrogen and oxygen atoms in total. The largest absolute Gasteiger partial charge is 0.490 e. The predicted octanol–water partition coefficient (Wildman–Crippen LogP) is 3.58. The Hall–Kier alpha value is -4.05. The van der Waals surface area contributed by atoms with Crippen molar-refractivity contribution in [3.05, 3.63) is 60.2 Å². The van der Waals surface area contributed by atoms with Crippen LogP contribution in [0.4, 0.5) is 39.5 Å². The fraction of sp³-hybridized carbons (Fsp3) is 0.480. The molecule has 1 unspecified atom stereocenters. The van der Waals surface area contributed by atoms with E-state index in [9.17, 15) is 47.9 Å². The molecule has 1 spiro atoms. The lowest BCUT2D eigenvalue weighted by Crippen LogP contribution is -2.67. The second-order valence-corrected chi connectivity index (χ2v) is 12.1. The van der Waals surface area contributed by atoms with Crippen LogP contribution in [-0.2, 0) is 42.1 Å². The van der Waals surface area contributed by atoms with Gasteiger partial charge in [0, 0.05) is 50.3 Å². The lowest BCUT2D eigenvalue weighted by Gasteiger charge is -2.50. The first kappa shape index (κ1) is 41.0. The number of aromatic nitrogens is 2. The van der Waals surface area contributed by atoms with Gasteiger partial charge in [0.2, 0.25) is 0 Å². The highest BCUT2D eigenvalue weighted by Crippen LogP contribution is 2.45. The molecule has 0 saturated carbocycles. The molecular formula is C25H26F9N3O9S. The minimum Gasteiger partial charge on any atom is -0.475 e. The summed E-state index contributed by atoms with van der Waals surface area (Å²) in [6.45, 7) is 2.91. The van der Waals surface area contributed by atoms with Crippen LogP contribution in [-0.4, -0.2) is 105 Å². The Morgan fingerprint density at radius 3 is 1.68 bits per heavy atom. The number of likely N-dealkylation sites (tertiary alicyclic amines) is 1. The number of sulfone groups is 1. The van der Waals surface area contributed by atoms with Crippen molar-refractivity contribution in [2.24, 2.45) is 5.92 Å². The van der Waals surface area contributed by atoms with E-state index in [-0.39, 0.29) is 11.7 Å². The zero-order valence-electron chi connectivity index (χ0n) is 23.6. The Labute approximate surface area is 259 Å². The summed E-state index contributed by atoms with van der Waals surface area (Å²) in [6.07, 6.45) is -7.49. The molecule has 2 aliphatic rings. The topological polar surface area (TPSA) is 184 Å². The van der Waals surface area contributed by atoms with Crippen LogP contribution in [0.5, 0.6) is 0 Å². The molecule has 4 rings (SSSR count). The number of carbonyl (C=O) groups is 3. The Kier molecular flexibility index (Phi) is 14.5. The molecule has 2 aromatic rings. The number of rotatable bonds is 6. The molecule has 2 saturated heterocycles. The van der Waals surface area contributed by atoms with Crippen molar-refractivity contribution in [3.63, 3.8) is 0 Å². The summed E-state index contributed by atoms with van der Waals surface area (Å²) in [4.78, 5) is 37.0. The molecule has 2 fully saturated rings. The Balaban J connectivity index is 0.000000430. The van der Waals surface area contributed by atoms with E-state index in [2.05, 4.69) is 14.9 Å². The number of carboxylic acid groups (broad SMARTS) is 3. The van der Waals surface area contributed by atoms with Gasteiger partial charge in [-0.25, -0.2) is 22.8 Å². The van der Waals surface area contributed by atoms with Crippen LogP contribution in [0.15, 0.2) is 49.1 Å². The maximum absolute atomic E-state index is 12.7. The van der Waals surface area contributed by atoms with Crippen molar-refractivity contribution >= 4 is 27.7 Å². The van der Waals surface area contributed by atoms with Gasteiger partial charge in [-0.2, -0.15) is 39.5 Å². The van der Waals surface area contributed by atoms with Gasteiger partial charge < -0.3 is 20.1 Å². The second-order valence-electron chi connectivity index (χ2n) is 9.66. The van der Waals surface area contributed by atoms with Gasteiger partial charge in [-0.15, -0.1) is 0 Å². The maximum atomic E-state index is 12.7. The average Bonchev–Trinajstić information content (AvgIpc) is 3.19. The number of carboxylic acids is 3. The van der Waals surface area contributed by atoms with Gasteiger partial charge in [0.05, 0.1) is 19.0 Å². The molecule has 3 N–H and O–H groups in total. The lowest BCUT2D eigenvalue weighted by atomic mass is 9.83. The molecule has 0 aliphatic carbocycles. The van der Waals surface area contributed by atoms with Crippen LogP contribution in [0.1, 0.15) is 17.5 Å². The number of alkyl halides is 9. The summed E-state index contributed by atoms with van der Waals surface area (Å²) in [5, 5.41) is 21.4. The number of ether oxygens (including phenoxy) is 1. The van der Waals surface area contributed by atoms with E-state index in [4.69, 9.17) is 34.4 Å². The normalized spacial score (nSPS) is 18.2. The molecule has 0 amide bonds. The highest BCUT2D eigenvalue weighted by atomic mass is 32.2. The quantitative estimate of drug-likeness (QED) is 0.370. The van der Waals surface area contributed by atoms with Gasteiger partial charge in [0.25, 0.3) is 0 Å². The van der Waals surface area contributed by atoms with Crippen LogP contribution in [0, 0.1) is 5.92 Å². The van der Waals surface area contributed by atoms with E-state index in [1.807, 2.05) is 30.5 Å². The zero-order chi connectivity index (χ0) is 36.3. The lowest BCUT2D eigenvalue weighted by molar-refractivity contribution is -0.193. The van der Waals surface area contributed by atoms with Crippen LogP contribution in [0.2, 0.25) is 0 Å². The summed E-state index contributed by atoms with van der Waals surface area (Å²) in [5.41, 5.74) is 2.17. The van der Waals surface area contributed by atoms with Gasteiger partial charge in [-0.1, -0.05) is 6.07 Å². The Bertz CT molecular complexity index is 1360. The first-order valence-corrected chi connectivity index (χ1v) is 14.3. The number of nitrogens with zero attached hydrogens (tertiary/aromatic N) is 3. The fourth-order valence-electron chi connectivity index (χ4n) is 4.08. The van der Waals surface area contributed by atoms with Crippen molar-refractivity contribution in [1.29, 1.82) is 0 Å². The Morgan fingerprint density at radius 2 is 1.28 bits per heavy atom. The van der Waals surface area contributed by atoms with Crippen LogP contribution in [0.25, 0.3) is 0 Å². The van der Waals surface area contributed by atoms with Crippen LogP contribution in [0.3, 0.4) is 0 Å². The smallest absolute Gasteiger partial charge is 0.475 e. The number of hydrogen-bond donors (Lipinski definition) is 3. The summed E-state index contributed by atoms with van der Waals surface area (Å²) >= 11 is 0. The minimum atomic E-state index is -5.08. The highest BCUT2D eigenvalue weighted by Gasteiger charge is 2.61. The number of halogens is 9. The van der Waals surface area contributed by atoms with Crippen LogP contribution < -0.4 is 0 Å². The first-order chi connectivity index (χ1) is 21.4. The monoisotopic (exact) mass is 715 g/mol. The van der Waals surface area contributed by atoms with Crippen molar-refractivity contribution in [2.45, 2.75) is 42.8 Å². The summed E-state index contributed by atoms with van der Waals surface area (Å²) in [6, 6.07) is 7.77. The SMILES string of the molecule is O=C(O)C(F)(F)F.O=C(O)C(F)(F)F.O=C(O)C(F)(F)F.O=S1(=O)CCC(COCc2ccncc2)C12CN(Cc1cccnc1)C2. The highest BCUT2D eigenvalue weighted by molar-refractivity contribution is 7.93. The average molecular weight is 716 g/mol. The van der Waals surface area contributed by atoms with Gasteiger partial charge in [-0.3, -0.25) is 14.9 Å². The third-order valence-corrected chi connectivity index (χ3v) is 8.88. The number of hydrogen-bond acceptors (Lipinski definition) is 9. The third-order valence-electron chi connectivity index (χ3n) is 6.27. The predicted molar refractivity (Wildman–Crippen MR) is 139 cm³/mol. The van der Waals surface area contributed by atoms with E-state index in [1.54, 1.807) is 18.6 Å². The molecule has 2 aliphatic heterocycles. The zero-order valence-corrected chi connectivity index (χ0v) is 24.4. The summed E-state index contributed by atoms with van der Waals surface area (Å²) in [5.74, 6) is -7.93. The molecule has 2 aromatic heterocycles. The van der Waals surface area contributed by atoms with Crippen molar-refractivity contribution in [2.75, 3.05) is 25.4 Å². The number of aliphatic carboxylic acids is 3. The third kappa shape index (κ3) is 13.3.